The molecular formula is C14H17NO3. The SMILES string of the molecule is CC(CC(=O)O)NC(=O)C1CCc2ccccc21. The van der Waals surface area contributed by atoms with Gasteiger partial charge in [-0.25, -0.2) is 0 Å². The second kappa shape index (κ2) is 5.21. The number of fused-ring (bicyclic) bond motifs is 1. The molecule has 0 fully saturated rings. The summed E-state index contributed by atoms with van der Waals surface area (Å²) in [7, 11) is 0. The van der Waals surface area contributed by atoms with Gasteiger partial charge in [-0.05, 0) is 30.9 Å². The van der Waals surface area contributed by atoms with Crippen molar-refractivity contribution in [2.75, 3.05) is 0 Å². The van der Waals surface area contributed by atoms with Crippen LogP contribution in [0.3, 0.4) is 0 Å². The van der Waals surface area contributed by atoms with Crippen LogP contribution in [0.4, 0.5) is 0 Å². The first kappa shape index (κ1) is 12.6. The second-order valence-corrected chi connectivity index (χ2v) is 4.80. The molecule has 2 unspecified atom stereocenters. The smallest absolute Gasteiger partial charge is 0.305 e. The van der Waals surface area contributed by atoms with Gasteiger partial charge in [-0.3, -0.25) is 9.59 Å². The van der Waals surface area contributed by atoms with E-state index in [-0.39, 0.29) is 24.3 Å². The Morgan fingerprint density at radius 3 is 2.89 bits per heavy atom. The van der Waals surface area contributed by atoms with Gasteiger partial charge < -0.3 is 10.4 Å². The Labute approximate surface area is 106 Å². The van der Waals surface area contributed by atoms with E-state index < -0.39 is 5.97 Å². The Morgan fingerprint density at radius 1 is 1.44 bits per heavy atom. The summed E-state index contributed by atoms with van der Waals surface area (Å²) in [6.07, 6.45) is 1.69. The Morgan fingerprint density at radius 2 is 2.17 bits per heavy atom. The number of benzene rings is 1. The molecule has 0 aromatic heterocycles. The number of carboxylic acid groups (broad SMARTS) is 1. The first-order valence-corrected chi connectivity index (χ1v) is 6.18. The van der Waals surface area contributed by atoms with Gasteiger partial charge in [0.25, 0.3) is 0 Å². The number of aliphatic carboxylic acids is 1. The lowest BCUT2D eigenvalue weighted by molar-refractivity contribution is -0.137. The first-order chi connectivity index (χ1) is 8.58. The number of carbonyl (C=O) groups is 2. The summed E-state index contributed by atoms with van der Waals surface area (Å²) in [6, 6.07) is 7.61. The van der Waals surface area contributed by atoms with Gasteiger partial charge in [-0.1, -0.05) is 24.3 Å². The number of hydrogen-bond acceptors (Lipinski definition) is 2. The molecule has 1 aromatic carbocycles. The summed E-state index contributed by atoms with van der Waals surface area (Å²) in [5, 5.41) is 11.4. The summed E-state index contributed by atoms with van der Waals surface area (Å²) >= 11 is 0. The highest BCUT2D eigenvalue weighted by molar-refractivity contribution is 5.85. The summed E-state index contributed by atoms with van der Waals surface area (Å²) in [5.41, 5.74) is 2.31. The lowest BCUT2D eigenvalue weighted by Gasteiger charge is -2.16. The lowest BCUT2D eigenvalue weighted by Crippen LogP contribution is -2.37. The number of aryl methyl sites for hydroxylation is 1. The van der Waals surface area contributed by atoms with Crippen LogP contribution in [0.15, 0.2) is 24.3 Å². The van der Waals surface area contributed by atoms with Crippen molar-refractivity contribution in [2.24, 2.45) is 0 Å². The molecule has 1 aliphatic carbocycles. The molecule has 0 aliphatic heterocycles. The van der Waals surface area contributed by atoms with Gasteiger partial charge in [0.1, 0.15) is 0 Å². The summed E-state index contributed by atoms with van der Waals surface area (Å²) in [5.74, 6) is -1.08. The van der Waals surface area contributed by atoms with Gasteiger partial charge in [-0.2, -0.15) is 0 Å². The molecule has 2 rings (SSSR count). The fourth-order valence-electron chi connectivity index (χ4n) is 2.49. The molecular weight excluding hydrogens is 230 g/mol. The Hall–Kier alpha value is -1.84. The predicted molar refractivity (Wildman–Crippen MR) is 67.4 cm³/mol. The first-order valence-electron chi connectivity index (χ1n) is 6.18. The number of carbonyl (C=O) groups excluding carboxylic acids is 1. The van der Waals surface area contributed by atoms with Crippen molar-refractivity contribution >= 4 is 11.9 Å². The van der Waals surface area contributed by atoms with E-state index in [1.807, 2.05) is 24.3 Å². The molecule has 4 nitrogen and oxygen atoms in total. The minimum Gasteiger partial charge on any atom is -0.481 e. The molecule has 96 valence electrons. The monoisotopic (exact) mass is 247 g/mol. The van der Waals surface area contributed by atoms with Crippen molar-refractivity contribution in [2.45, 2.75) is 38.1 Å². The Kier molecular flexibility index (Phi) is 3.65. The van der Waals surface area contributed by atoms with Gasteiger partial charge in [0.05, 0.1) is 12.3 Å². The molecule has 0 radical (unpaired) electrons. The third-order valence-corrected chi connectivity index (χ3v) is 3.32. The van der Waals surface area contributed by atoms with E-state index >= 15 is 0 Å². The van der Waals surface area contributed by atoms with Crippen molar-refractivity contribution in [3.8, 4) is 0 Å². The van der Waals surface area contributed by atoms with Gasteiger partial charge in [0, 0.05) is 6.04 Å². The van der Waals surface area contributed by atoms with Crippen molar-refractivity contribution in [3.05, 3.63) is 35.4 Å². The third kappa shape index (κ3) is 2.70. The van der Waals surface area contributed by atoms with Crippen LogP contribution in [-0.4, -0.2) is 23.0 Å². The van der Waals surface area contributed by atoms with Crippen molar-refractivity contribution in [1.29, 1.82) is 0 Å². The minimum absolute atomic E-state index is 0.0416. The molecule has 1 aliphatic rings. The molecule has 1 amide bonds. The van der Waals surface area contributed by atoms with E-state index in [0.717, 1.165) is 18.4 Å². The molecule has 1 aromatic rings. The van der Waals surface area contributed by atoms with Gasteiger partial charge >= 0.3 is 5.97 Å². The van der Waals surface area contributed by atoms with Crippen molar-refractivity contribution < 1.29 is 14.7 Å². The molecule has 0 bridgehead atoms. The third-order valence-electron chi connectivity index (χ3n) is 3.32. The van der Waals surface area contributed by atoms with Gasteiger partial charge in [-0.15, -0.1) is 0 Å². The van der Waals surface area contributed by atoms with Crippen LogP contribution >= 0.6 is 0 Å². The maximum atomic E-state index is 12.1. The second-order valence-electron chi connectivity index (χ2n) is 4.80. The molecule has 0 saturated carbocycles. The zero-order valence-electron chi connectivity index (χ0n) is 10.3. The highest BCUT2D eigenvalue weighted by Gasteiger charge is 2.28. The average molecular weight is 247 g/mol. The molecule has 0 heterocycles. The van der Waals surface area contributed by atoms with Crippen molar-refractivity contribution in [3.63, 3.8) is 0 Å². The lowest BCUT2D eigenvalue weighted by atomic mass is 10.00. The highest BCUT2D eigenvalue weighted by atomic mass is 16.4. The highest BCUT2D eigenvalue weighted by Crippen LogP contribution is 2.32. The number of rotatable bonds is 4. The van der Waals surface area contributed by atoms with E-state index in [1.165, 1.54) is 5.56 Å². The number of carboxylic acids is 1. The van der Waals surface area contributed by atoms with Crippen LogP contribution in [0.1, 0.15) is 36.8 Å². The predicted octanol–water partition coefficient (Wildman–Crippen LogP) is 1.70. The fourth-order valence-corrected chi connectivity index (χ4v) is 2.49. The molecule has 18 heavy (non-hydrogen) atoms. The quantitative estimate of drug-likeness (QED) is 0.851. The molecule has 2 N–H and O–H groups in total. The van der Waals surface area contributed by atoms with E-state index in [0.29, 0.717) is 0 Å². The van der Waals surface area contributed by atoms with E-state index in [4.69, 9.17) is 5.11 Å². The van der Waals surface area contributed by atoms with Crippen LogP contribution in [0.5, 0.6) is 0 Å². The van der Waals surface area contributed by atoms with Crippen LogP contribution in [0.25, 0.3) is 0 Å². The van der Waals surface area contributed by atoms with E-state index in [2.05, 4.69) is 5.32 Å². The largest absolute Gasteiger partial charge is 0.481 e. The molecule has 2 atom stereocenters. The average Bonchev–Trinajstić information content (AvgIpc) is 2.71. The van der Waals surface area contributed by atoms with Crippen LogP contribution in [-0.2, 0) is 16.0 Å². The van der Waals surface area contributed by atoms with Crippen LogP contribution in [0, 0.1) is 0 Å². The zero-order chi connectivity index (χ0) is 13.1. The maximum absolute atomic E-state index is 12.1. The van der Waals surface area contributed by atoms with Crippen molar-refractivity contribution in [1.82, 2.24) is 5.32 Å². The minimum atomic E-state index is -0.894. The fraction of sp³-hybridized carbons (Fsp3) is 0.429. The molecule has 0 saturated heterocycles. The van der Waals surface area contributed by atoms with Crippen LogP contribution in [0.2, 0.25) is 0 Å². The van der Waals surface area contributed by atoms with E-state index in [1.54, 1.807) is 6.92 Å². The Bertz CT molecular complexity index is 470. The molecule has 4 heteroatoms. The summed E-state index contributed by atoms with van der Waals surface area (Å²) in [6.45, 7) is 1.72. The maximum Gasteiger partial charge on any atom is 0.305 e. The Balaban J connectivity index is 2.01. The zero-order valence-corrected chi connectivity index (χ0v) is 10.3. The summed E-state index contributed by atoms with van der Waals surface area (Å²) in [4.78, 5) is 22.7. The van der Waals surface area contributed by atoms with Gasteiger partial charge in [0.2, 0.25) is 5.91 Å². The normalized spacial score (nSPS) is 19.1. The van der Waals surface area contributed by atoms with E-state index in [9.17, 15) is 9.59 Å². The van der Waals surface area contributed by atoms with Gasteiger partial charge in [0.15, 0.2) is 0 Å². The topological polar surface area (TPSA) is 66.4 Å². The molecule has 0 spiro atoms. The summed E-state index contributed by atoms with van der Waals surface area (Å²) < 4.78 is 0. The number of amides is 1. The number of hydrogen-bond donors (Lipinski definition) is 2. The van der Waals surface area contributed by atoms with Crippen LogP contribution < -0.4 is 5.32 Å². The standard InChI is InChI=1S/C14H17NO3/c1-9(8-13(16)17)15-14(18)12-7-6-10-4-2-3-5-11(10)12/h2-5,9,12H,6-8H2,1H3,(H,15,18)(H,16,17). The number of nitrogens with one attached hydrogen (secondary N) is 1.